The molecule has 0 nitrogen and oxygen atoms in total. The van der Waals surface area contributed by atoms with Gasteiger partial charge in [0.25, 0.3) is 0 Å². The van der Waals surface area contributed by atoms with Crippen LogP contribution in [-0.4, -0.2) is 16.1 Å². The molecule has 0 spiro atoms. The Morgan fingerprint density at radius 1 is 0.720 bits per heavy atom. The van der Waals surface area contributed by atoms with Crippen molar-refractivity contribution in [1.82, 2.24) is 0 Å². The Kier molecular flexibility index (Phi) is 12.7. The van der Waals surface area contributed by atoms with E-state index in [1.807, 2.05) is 0 Å². The van der Waals surface area contributed by atoms with Crippen molar-refractivity contribution in [3.8, 4) is 0 Å². The fourth-order valence-corrected chi connectivity index (χ4v) is 5.94. The third kappa shape index (κ3) is 12.3. The molecule has 0 radical (unpaired) electrons. The first-order valence-electron chi connectivity index (χ1n) is 10.6. The maximum Gasteiger partial charge on any atom is 0.0926 e. The molecule has 148 valence electrons. The van der Waals surface area contributed by atoms with E-state index in [0.29, 0.717) is 0 Å². The van der Waals surface area contributed by atoms with E-state index in [1.54, 1.807) is 5.57 Å². The van der Waals surface area contributed by atoms with E-state index in [9.17, 15) is 0 Å². The fourth-order valence-electron chi connectivity index (χ4n) is 3.17. The first-order chi connectivity index (χ1) is 11.5. The topological polar surface area (TPSA) is 0 Å². The van der Waals surface area contributed by atoms with E-state index >= 15 is 0 Å². The standard InChI is InChI=1S/C22H45ClSi2/c1-9-11-13-15-17-20(19-24(3,4)5)21(18-16-14-12-10-2)22(23)25(6,7)8/h19H,9-18H2,1-8H3/b20-19?,22-21-. The Morgan fingerprint density at radius 2 is 1.20 bits per heavy atom. The monoisotopic (exact) mass is 400 g/mol. The van der Waals surface area contributed by atoms with Gasteiger partial charge < -0.3 is 0 Å². The van der Waals surface area contributed by atoms with Crippen molar-refractivity contribution in [2.24, 2.45) is 0 Å². The molecule has 0 bridgehead atoms. The zero-order chi connectivity index (χ0) is 19.5. The van der Waals surface area contributed by atoms with Crippen LogP contribution in [0.15, 0.2) is 21.5 Å². The van der Waals surface area contributed by atoms with Crippen LogP contribution in [0.5, 0.6) is 0 Å². The maximum absolute atomic E-state index is 7.02. The van der Waals surface area contributed by atoms with Crippen LogP contribution in [0.25, 0.3) is 0 Å². The van der Waals surface area contributed by atoms with Crippen LogP contribution in [0.3, 0.4) is 0 Å². The Hall–Kier alpha value is 0.204. The van der Waals surface area contributed by atoms with Crippen molar-refractivity contribution in [3.63, 3.8) is 0 Å². The number of rotatable bonds is 13. The lowest BCUT2D eigenvalue weighted by molar-refractivity contribution is 0.648. The Bertz CT molecular complexity index is 422. The normalized spacial score (nSPS) is 14.7. The van der Waals surface area contributed by atoms with Crippen molar-refractivity contribution in [1.29, 1.82) is 0 Å². The predicted molar refractivity (Wildman–Crippen MR) is 125 cm³/mol. The molecule has 0 aromatic heterocycles. The van der Waals surface area contributed by atoms with Crippen molar-refractivity contribution in [3.05, 3.63) is 21.5 Å². The molecule has 0 aliphatic rings. The predicted octanol–water partition coefficient (Wildman–Crippen LogP) is 9.10. The molecule has 0 fully saturated rings. The van der Waals surface area contributed by atoms with Crippen LogP contribution in [0.4, 0.5) is 0 Å². The summed E-state index contributed by atoms with van der Waals surface area (Å²) in [5, 5.41) is 0. The summed E-state index contributed by atoms with van der Waals surface area (Å²) >= 11 is 7.02. The summed E-state index contributed by atoms with van der Waals surface area (Å²) in [5.74, 6) is 0. The molecular formula is C22H45ClSi2. The third-order valence-electron chi connectivity index (χ3n) is 4.50. The molecule has 0 aliphatic carbocycles. The van der Waals surface area contributed by atoms with Crippen LogP contribution in [-0.2, 0) is 0 Å². The molecule has 0 atom stereocenters. The second kappa shape index (κ2) is 12.6. The highest BCUT2D eigenvalue weighted by atomic mass is 35.5. The molecule has 0 aliphatic heterocycles. The van der Waals surface area contributed by atoms with E-state index in [2.05, 4.69) is 58.8 Å². The largest absolute Gasteiger partial charge is 0.0940 e. The number of halogens is 1. The smallest absolute Gasteiger partial charge is 0.0926 e. The summed E-state index contributed by atoms with van der Waals surface area (Å²) in [6.07, 6.45) is 13.0. The fraction of sp³-hybridized carbons (Fsp3) is 0.818. The summed E-state index contributed by atoms with van der Waals surface area (Å²) in [5.41, 5.74) is 5.80. The van der Waals surface area contributed by atoms with Gasteiger partial charge in [0.2, 0.25) is 0 Å². The van der Waals surface area contributed by atoms with Gasteiger partial charge in [0.1, 0.15) is 0 Å². The maximum atomic E-state index is 7.02. The molecule has 3 heteroatoms. The molecule has 25 heavy (non-hydrogen) atoms. The van der Waals surface area contributed by atoms with Crippen molar-refractivity contribution >= 4 is 27.7 Å². The number of allylic oxidation sites excluding steroid dienone is 2. The van der Waals surface area contributed by atoms with E-state index in [1.165, 1.54) is 74.4 Å². The summed E-state index contributed by atoms with van der Waals surface area (Å²) < 4.78 is 1.24. The summed E-state index contributed by atoms with van der Waals surface area (Å²) in [4.78, 5) is 0. The number of unbranched alkanes of at least 4 members (excludes halogenated alkanes) is 6. The number of hydrogen-bond donors (Lipinski definition) is 0. The molecule has 0 N–H and O–H groups in total. The lowest BCUT2D eigenvalue weighted by Gasteiger charge is -2.24. The molecule has 0 aromatic carbocycles. The average molecular weight is 401 g/mol. The quantitative estimate of drug-likeness (QED) is 0.164. The second-order valence-corrected chi connectivity index (χ2v) is 20.4. The van der Waals surface area contributed by atoms with Crippen molar-refractivity contribution < 1.29 is 0 Å². The van der Waals surface area contributed by atoms with Gasteiger partial charge >= 0.3 is 0 Å². The van der Waals surface area contributed by atoms with Crippen molar-refractivity contribution in [2.75, 3.05) is 0 Å². The van der Waals surface area contributed by atoms with E-state index in [-0.39, 0.29) is 0 Å². The van der Waals surface area contributed by atoms with Gasteiger partial charge in [0, 0.05) is 4.66 Å². The second-order valence-electron chi connectivity index (χ2n) is 9.70. The first kappa shape index (κ1) is 25.2. The van der Waals surface area contributed by atoms with Gasteiger partial charge in [-0.15, -0.1) is 0 Å². The van der Waals surface area contributed by atoms with E-state index in [4.69, 9.17) is 11.6 Å². The highest BCUT2D eigenvalue weighted by Crippen LogP contribution is 2.34. The highest BCUT2D eigenvalue weighted by Gasteiger charge is 2.24. The minimum atomic E-state index is -1.47. The van der Waals surface area contributed by atoms with Crippen LogP contribution < -0.4 is 0 Å². The zero-order valence-corrected chi connectivity index (χ0v) is 21.3. The zero-order valence-electron chi connectivity index (χ0n) is 18.5. The minimum Gasteiger partial charge on any atom is -0.0940 e. The van der Waals surface area contributed by atoms with Gasteiger partial charge in [0.15, 0.2) is 0 Å². The van der Waals surface area contributed by atoms with Gasteiger partial charge in [-0.05, 0) is 31.3 Å². The molecular weight excluding hydrogens is 356 g/mol. The number of hydrogen-bond acceptors (Lipinski definition) is 0. The lowest BCUT2D eigenvalue weighted by atomic mass is 9.97. The van der Waals surface area contributed by atoms with Gasteiger partial charge in [-0.25, -0.2) is 0 Å². The van der Waals surface area contributed by atoms with Gasteiger partial charge in [-0.3, -0.25) is 0 Å². The van der Waals surface area contributed by atoms with Crippen molar-refractivity contribution in [2.45, 2.75) is 117 Å². The Labute approximate surface area is 166 Å². The van der Waals surface area contributed by atoms with Crippen LogP contribution in [0.2, 0.25) is 39.3 Å². The minimum absolute atomic E-state index is 1.19. The van der Waals surface area contributed by atoms with Crippen LogP contribution in [0, 0.1) is 0 Å². The van der Waals surface area contributed by atoms with E-state index in [0.717, 1.165) is 0 Å². The summed E-state index contributed by atoms with van der Waals surface area (Å²) in [6, 6.07) is 0. The third-order valence-corrected chi connectivity index (χ3v) is 9.26. The van der Waals surface area contributed by atoms with Gasteiger partial charge in [0.05, 0.1) is 16.1 Å². The van der Waals surface area contributed by atoms with Gasteiger partial charge in [-0.1, -0.05) is 115 Å². The lowest BCUT2D eigenvalue weighted by Crippen LogP contribution is -2.24. The summed E-state index contributed by atoms with van der Waals surface area (Å²) in [7, 11) is -2.72. The highest BCUT2D eigenvalue weighted by molar-refractivity contribution is 6.91. The molecule has 0 saturated heterocycles. The Balaban J connectivity index is 5.54. The van der Waals surface area contributed by atoms with Gasteiger partial charge in [-0.2, -0.15) is 0 Å². The SMILES string of the molecule is CCCCCCC(=C[Si](C)(C)C)/C(CCCCCC)=C(/Cl)[Si](C)(C)C. The molecule has 0 amide bonds. The van der Waals surface area contributed by atoms with Crippen LogP contribution >= 0.6 is 11.6 Å². The molecule has 0 aromatic rings. The first-order valence-corrected chi connectivity index (χ1v) is 18.1. The summed E-state index contributed by atoms with van der Waals surface area (Å²) in [6.45, 7) is 19.1. The molecule has 0 rings (SSSR count). The Morgan fingerprint density at radius 3 is 1.60 bits per heavy atom. The van der Waals surface area contributed by atoms with Crippen LogP contribution in [0.1, 0.15) is 78.1 Å². The molecule has 0 unspecified atom stereocenters. The molecule has 0 saturated carbocycles. The average Bonchev–Trinajstić information content (AvgIpc) is 2.48. The molecule has 0 heterocycles. The van der Waals surface area contributed by atoms with E-state index < -0.39 is 16.1 Å².